The second-order valence-corrected chi connectivity index (χ2v) is 25.1. The minimum absolute atomic E-state index is 0.0935. The number of unbranched alkanes of at least 4 members (excludes halogenated alkanes) is 3. The number of aliphatic hydroxyl groups excluding tert-OH is 1. The number of hydrogen-bond donors (Lipinski definition) is 1. The molecule has 34 heavy (non-hydrogen) atoms. The molecular weight excluding hydrogens is 529 g/mol. The van der Waals surface area contributed by atoms with Crippen LogP contribution in [-0.2, 0) is 4.74 Å². The summed E-state index contributed by atoms with van der Waals surface area (Å²) in [5, 5.41) is 10.7. The van der Waals surface area contributed by atoms with Gasteiger partial charge in [-0.05, 0) is 0 Å². The van der Waals surface area contributed by atoms with Gasteiger partial charge in [0.05, 0.1) is 0 Å². The topological polar surface area (TPSA) is 49.8 Å². The van der Waals surface area contributed by atoms with Crippen LogP contribution >= 0.6 is 0 Å². The van der Waals surface area contributed by atoms with Gasteiger partial charge in [0.25, 0.3) is 0 Å². The third-order valence-corrected chi connectivity index (χ3v) is 24.8. The average molecular weight is 582 g/mol. The maximum absolute atomic E-state index is 14.0. The Labute approximate surface area is 214 Å². The van der Waals surface area contributed by atoms with Crippen LogP contribution < -0.4 is 0 Å². The molecule has 1 amide bonds. The van der Waals surface area contributed by atoms with Gasteiger partial charge in [0.2, 0.25) is 0 Å². The molecule has 0 unspecified atom stereocenters. The standard InChI is InChI=1S/C17H26NO3.3C4H9.Sn/c1-13(2)11-18(16(20)21-17(3,4)5)15(12-19)14-9-7-6-8-10-14;3*1-3-4-2;/h6-11,13,15,19H,12H2,1-5H3;3*1,3-4H2,2H3;/t15-;;;;/m0..../s1. The second kappa shape index (κ2) is 15.4. The molecule has 0 aliphatic rings. The normalized spacial score (nSPS) is 14.2. The predicted molar refractivity (Wildman–Crippen MR) is 148 cm³/mol. The van der Waals surface area contributed by atoms with Gasteiger partial charge < -0.3 is 0 Å². The van der Waals surface area contributed by atoms with Crippen LogP contribution in [0.5, 0.6) is 0 Å². The first-order valence-corrected chi connectivity index (χ1v) is 21.4. The van der Waals surface area contributed by atoms with Crippen molar-refractivity contribution in [2.45, 2.75) is 123 Å². The molecule has 0 saturated heterocycles. The summed E-state index contributed by atoms with van der Waals surface area (Å²) in [6.07, 6.45) is 7.03. The van der Waals surface area contributed by atoms with Crippen molar-refractivity contribution < 1.29 is 14.6 Å². The molecule has 0 aliphatic heterocycles. The fraction of sp³-hybridized carbons (Fsp3) is 0.759. The second-order valence-electron chi connectivity index (χ2n) is 11.4. The van der Waals surface area contributed by atoms with Crippen LogP contribution in [0.4, 0.5) is 4.79 Å². The molecule has 0 radical (unpaired) electrons. The van der Waals surface area contributed by atoms with Crippen LogP contribution in [0.2, 0.25) is 13.3 Å². The zero-order chi connectivity index (χ0) is 25.8. The Kier molecular flexibility index (Phi) is 14.1. The summed E-state index contributed by atoms with van der Waals surface area (Å²) in [7, 11) is 0. The van der Waals surface area contributed by atoms with E-state index in [-0.39, 0.29) is 22.8 Å². The molecule has 0 saturated carbocycles. The Balaban J connectivity index is 3.75. The van der Waals surface area contributed by atoms with Crippen LogP contribution in [0.15, 0.2) is 30.3 Å². The molecule has 0 aromatic heterocycles. The third-order valence-electron chi connectivity index (χ3n) is 6.94. The summed E-state index contributed by atoms with van der Waals surface area (Å²) in [4.78, 5) is 16.0. The molecule has 0 heterocycles. The molecule has 0 fully saturated rings. The van der Waals surface area contributed by atoms with Gasteiger partial charge in [0.1, 0.15) is 0 Å². The van der Waals surface area contributed by atoms with Crippen LogP contribution in [0.3, 0.4) is 0 Å². The number of nitrogens with zero attached hydrogens (tertiary/aromatic N) is 1. The Hall–Kier alpha value is -0.751. The van der Waals surface area contributed by atoms with Gasteiger partial charge in [-0.15, -0.1) is 0 Å². The van der Waals surface area contributed by atoms with Gasteiger partial charge in [-0.1, -0.05) is 0 Å². The molecular formula is C29H53NO3Sn. The summed E-state index contributed by atoms with van der Waals surface area (Å²) >= 11 is -2.95. The number of amides is 1. The van der Waals surface area contributed by atoms with E-state index in [0.29, 0.717) is 5.92 Å². The Bertz CT molecular complexity index is 665. The molecule has 0 bridgehead atoms. The summed E-state index contributed by atoms with van der Waals surface area (Å²) < 4.78 is 10.2. The van der Waals surface area contributed by atoms with Crippen molar-refractivity contribution >= 4 is 24.5 Å². The van der Waals surface area contributed by atoms with Gasteiger partial charge >= 0.3 is 215 Å². The van der Waals surface area contributed by atoms with Crippen molar-refractivity contribution in [2.75, 3.05) is 6.61 Å². The Morgan fingerprint density at radius 1 is 0.941 bits per heavy atom. The van der Waals surface area contributed by atoms with Crippen molar-refractivity contribution in [1.82, 2.24) is 4.90 Å². The van der Waals surface area contributed by atoms with E-state index < -0.39 is 24.0 Å². The zero-order valence-electron chi connectivity index (χ0n) is 23.4. The van der Waals surface area contributed by atoms with Crippen LogP contribution in [0.1, 0.15) is 106 Å². The first-order valence-electron chi connectivity index (χ1n) is 13.7. The number of benzene rings is 1. The molecule has 0 aliphatic carbocycles. The third kappa shape index (κ3) is 9.37. The van der Waals surface area contributed by atoms with E-state index in [1.165, 1.54) is 51.8 Å². The Morgan fingerprint density at radius 3 is 1.76 bits per heavy atom. The first-order chi connectivity index (χ1) is 16.1. The van der Waals surface area contributed by atoms with Crippen LogP contribution in [0.25, 0.3) is 0 Å². The minimum atomic E-state index is -2.95. The van der Waals surface area contributed by atoms with Gasteiger partial charge in [-0.2, -0.15) is 0 Å². The molecule has 2 atom stereocenters. The SMILES string of the molecule is CCC[CH2][Sn]([CH2]CCC)([CH2]CCC)[C@H](C(C)C)N(C(=O)OC(C)(C)C)[C@@H](CO)c1ccccc1. The fourth-order valence-corrected chi connectivity index (χ4v) is 25.8. The number of aliphatic hydroxyl groups is 1. The summed E-state index contributed by atoms with van der Waals surface area (Å²) in [5.74, 6) is 0.326. The first kappa shape index (κ1) is 31.3. The molecule has 1 rings (SSSR count). The predicted octanol–water partition coefficient (Wildman–Crippen LogP) is 8.37. The molecule has 196 valence electrons. The quantitative estimate of drug-likeness (QED) is 0.212. The van der Waals surface area contributed by atoms with Crippen LogP contribution in [0, 0.1) is 5.92 Å². The zero-order valence-corrected chi connectivity index (χ0v) is 26.3. The number of ether oxygens (including phenoxy) is 1. The van der Waals surface area contributed by atoms with Crippen molar-refractivity contribution in [1.29, 1.82) is 0 Å². The monoisotopic (exact) mass is 583 g/mol. The number of rotatable bonds is 15. The summed E-state index contributed by atoms with van der Waals surface area (Å²) in [6, 6.07) is 9.68. The molecule has 1 N–H and O–H groups in total. The fourth-order valence-electron chi connectivity index (χ4n) is 5.51. The summed E-state index contributed by atoms with van der Waals surface area (Å²) in [5.41, 5.74) is 0.408. The molecule has 4 nitrogen and oxygen atoms in total. The van der Waals surface area contributed by atoms with Crippen molar-refractivity contribution in [2.24, 2.45) is 5.92 Å². The number of carbonyl (C=O) groups is 1. The van der Waals surface area contributed by atoms with Crippen molar-refractivity contribution in [3.63, 3.8) is 0 Å². The van der Waals surface area contributed by atoms with E-state index in [1.807, 2.05) is 56.0 Å². The van der Waals surface area contributed by atoms with Gasteiger partial charge in [-0.3, -0.25) is 0 Å². The van der Waals surface area contributed by atoms with Gasteiger partial charge in [-0.25, -0.2) is 0 Å². The molecule has 1 aromatic rings. The van der Waals surface area contributed by atoms with E-state index in [1.54, 1.807) is 0 Å². The van der Waals surface area contributed by atoms with E-state index >= 15 is 0 Å². The van der Waals surface area contributed by atoms with E-state index in [9.17, 15) is 9.90 Å². The summed E-state index contributed by atoms with van der Waals surface area (Å²) in [6.45, 7) is 17.1. The van der Waals surface area contributed by atoms with E-state index in [4.69, 9.17) is 4.74 Å². The Morgan fingerprint density at radius 2 is 1.41 bits per heavy atom. The van der Waals surface area contributed by atoms with Crippen LogP contribution in [-0.4, -0.2) is 50.7 Å². The van der Waals surface area contributed by atoms with Crippen molar-refractivity contribution in [3.05, 3.63) is 35.9 Å². The van der Waals surface area contributed by atoms with E-state index in [2.05, 4.69) is 34.6 Å². The number of carbonyl (C=O) groups excluding carboxylic acids is 1. The van der Waals surface area contributed by atoms with Gasteiger partial charge in [0.15, 0.2) is 0 Å². The van der Waals surface area contributed by atoms with E-state index in [0.717, 1.165) is 5.56 Å². The molecule has 5 heteroatoms. The molecule has 0 spiro atoms. The van der Waals surface area contributed by atoms with Gasteiger partial charge in [0, 0.05) is 0 Å². The molecule has 1 aromatic carbocycles. The maximum atomic E-state index is 14.0. The number of hydrogen-bond acceptors (Lipinski definition) is 3. The van der Waals surface area contributed by atoms with Crippen molar-refractivity contribution in [3.8, 4) is 0 Å². The average Bonchev–Trinajstić information content (AvgIpc) is 2.78.